The van der Waals surface area contributed by atoms with Crippen LogP contribution in [0.4, 0.5) is 11.5 Å². The van der Waals surface area contributed by atoms with Gasteiger partial charge in [-0.15, -0.1) is 0 Å². The Morgan fingerprint density at radius 1 is 1.32 bits per heavy atom. The minimum atomic E-state index is 0.0898. The molecule has 0 saturated heterocycles. The quantitative estimate of drug-likeness (QED) is 0.798. The topological polar surface area (TPSA) is 67.6 Å². The Bertz CT molecular complexity index is 828. The number of aromatic nitrogens is 4. The van der Waals surface area contributed by atoms with Crippen LogP contribution in [0, 0.1) is 0 Å². The van der Waals surface area contributed by atoms with E-state index in [1.807, 2.05) is 43.3 Å². The highest BCUT2D eigenvalue weighted by Gasteiger charge is 2.25. The number of nitrogens with zero attached hydrogens (tertiary/aromatic N) is 5. The van der Waals surface area contributed by atoms with Gasteiger partial charge in [-0.25, -0.2) is 14.9 Å². The molecule has 0 aromatic carbocycles. The van der Waals surface area contributed by atoms with Crippen LogP contribution in [0.5, 0.6) is 5.88 Å². The van der Waals surface area contributed by atoms with Crippen molar-refractivity contribution in [3.05, 3.63) is 42.4 Å². The van der Waals surface area contributed by atoms with Crippen molar-refractivity contribution in [3.63, 3.8) is 0 Å². The van der Waals surface area contributed by atoms with Gasteiger partial charge in [0.15, 0.2) is 11.5 Å². The highest BCUT2D eigenvalue weighted by molar-refractivity contribution is 5.75. The molecule has 1 aliphatic heterocycles. The Labute approximate surface area is 127 Å². The second-order valence-electron chi connectivity index (χ2n) is 5.39. The Hall–Kier alpha value is -2.67. The van der Waals surface area contributed by atoms with Crippen LogP contribution in [0.3, 0.4) is 0 Å². The monoisotopic (exact) mass is 296 g/mol. The number of rotatable bonds is 3. The molecule has 4 heterocycles. The van der Waals surface area contributed by atoms with Crippen molar-refractivity contribution >= 4 is 17.2 Å². The molecule has 0 fully saturated rings. The van der Waals surface area contributed by atoms with Crippen molar-refractivity contribution in [1.82, 2.24) is 25.0 Å². The molecule has 0 unspecified atom stereocenters. The molecule has 3 aromatic heterocycles. The summed E-state index contributed by atoms with van der Waals surface area (Å²) in [6.07, 6.45) is 5.49. The number of hydrazine groups is 1. The van der Waals surface area contributed by atoms with Crippen molar-refractivity contribution in [3.8, 4) is 5.88 Å². The lowest BCUT2D eigenvalue weighted by Crippen LogP contribution is -2.27. The fourth-order valence-corrected chi connectivity index (χ4v) is 2.51. The summed E-state index contributed by atoms with van der Waals surface area (Å²) in [7, 11) is 0. The molecule has 22 heavy (non-hydrogen) atoms. The lowest BCUT2D eigenvalue weighted by molar-refractivity contribution is 0.233. The average molecular weight is 296 g/mol. The standard InChI is InChI=1S/C15H16N6O/c1-10(2)22-13-5-4-11-8-18-21(14(11)19-13)12-9-17-20-7-3-6-16-15(12)20/h3-7,9-10,18H,8H2,1-2H3. The first-order chi connectivity index (χ1) is 10.7. The number of fused-ring (bicyclic) bond motifs is 2. The minimum absolute atomic E-state index is 0.0898. The molecule has 0 aliphatic carbocycles. The zero-order valence-corrected chi connectivity index (χ0v) is 12.4. The molecule has 0 atom stereocenters. The molecule has 7 nitrogen and oxygen atoms in total. The van der Waals surface area contributed by atoms with E-state index in [9.17, 15) is 0 Å². The summed E-state index contributed by atoms with van der Waals surface area (Å²) >= 11 is 0. The third-order valence-electron chi connectivity index (χ3n) is 3.43. The first-order valence-corrected chi connectivity index (χ1v) is 7.21. The first kappa shape index (κ1) is 13.0. The molecule has 0 saturated carbocycles. The van der Waals surface area contributed by atoms with Gasteiger partial charge in [-0.1, -0.05) is 0 Å². The zero-order valence-electron chi connectivity index (χ0n) is 12.4. The number of hydrogen-bond donors (Lipinski definition) is 1. The van der Waals surface area contributed by atoms with E-state index >= 15 is 0 Å². The zero-order chi connectivity index (χ0) is 15.1. The van der Waals surface area contributed by atoms with Crippen molar-refractivity contribution in [2.45, 2.75) is 26.5 Å². The number of ether oxygens (including phenoxy) is 1. The summed E-state index contributed by atoms with van der Waals surface area (Å²) < 4.78 is 7.43. The molecule has 1 N–H and O–H groups in total. The molecule has 0 amide bonds. The number of pyridine rings is 1. The molecule has 3 aromatic rings. The number of anilines is 2. The van der Waals surface area contributed by atoms with Gasteiger partial charge < -0.3 is 4.74 Å². The maximum Gasteiger partial charge on any atom is 0.215 e. The maximum atomic E-state index is 5.69. The summed E-state index contributed by atoms with van der Waals surface area (Å²) in [6, 6.07) is 5.78. The van der Waals surface area contributed by atoms with Crippen LogP contribution in [0.2, 0.25) is 0 Å². The van der Waals surface area contributed by atoms with Crippen molar-refractivity contribution < 1.29 is 4.74 Å². The van der Waals surface area contributed by atoms with Gasteiger partial charge in [0.1, 0.15) is 5.69 Å². The van der Waals surface area contributed by atoms with Crippen LogP contribution in [-0.4, -0.2) is 25.7 Å². The molecule has 1 aliphatic rings. The first-order valence-electron chi connectivity index (χ1n) is 7.21. The van der Waals surface area contributed by atoms with E-state index < -0.39 is 0 Å². The predicted molar refractivity (Wildman–Crippen MR) is 82.0 cm³/mol. The normalized spacial score (nSPS) is 13.9. The Kier molecular flexibility index (Phi) is 2.93. The van der Waals surface area contributed by atoms with E-state index in [1.165, 1.54) is 0 Å². The van der Waals surface area contributed by atoms with E-state index in [1.54, 1.807) is 16.9 Å². The summed E-state index contributed by atoms with van der Waals surface area (Å²) in [6.45, 7) is 4.69. The van der Waals surface area contributed by atoms with E-state index in [-0.39, 0.29) is 6.10 Å². The summed E-state index contributed by atoms with van der Waals surface area (Å²) in [4.78, 5) is 9.00. The van der Waals surface area contributed by atoms with Crippen LogP contribution in [0.1, 0.15) is 19.4 Å². The highest BCUT2D eigenvalue weighted by atomic mass is 16.5. The maximum absolute atomic E-state index is 5.69. The Morgan fingerprint density at radius 3 is 3.09 bits per heavy atom. The predicted octanol–water partition coefficient (Wildman–Crippen LogP) is 2.07. The number of hydrogen-bond acceptors (Lipinski definition) is 6. The fraction of sp³-hybridized carbons (Fsp3) is 0.267. The van der Waals surface area contributed by atoms with Crippen LogP contribution in [0.25, 0.3) is 5.65 Å². The molecule has 7 heteroatoms. The minimum Gasteiger partial charge on any atom is -0.475 e. The molecule has 4 rings (SSSR count). The van der Waals surface area contributed by atoms with Gasteiger partial charge in [0, 0.05) is 30.6 Å². The summed E-state index contributed by atoms with van der Waals surface area (Å²) in [5.74, 6) is 1.45. The molecule has 0 spiro atoms. The molecular formula is C15H16N6O. The smallest absolute Gasteiger partial charge is 0.215 e. The second-order valence-corrected chi connectivity index (χ2v) is 5.39. The summed E-state index contributed by atoms with van der Waals surface area (Å²) in [5.41, 5.74) is 6.08. The Balaban J connectivity index is 1.77. The largest absolute Gasteiger partial charge is 0.475 e. The molecular weight excluding hydrogens is 280 g/mol. The third kappa shape index (κ3) is 2.06. The van der Waals surface area contributed by atoms with E-state index in [2.05, 4.69) is 20.5 Å². The Morgan fingerprint density at radius 2 is 2.23 bits per heavy atom. The van der Waals surface area contributed by atoms with Gasteiger partial charge in [0.05, 0.1) is 12.3 Å². The van der Waals surface area contributed by atoms with Gasteiger partial charge in [0.25, 0.3) is 0 Å². The van der Waals surface area contributed by atoms with Crippen molar-refractivity contribution in [1.29, 1.82) is 0 Å². The molecule has 0 radical (unpaired) electrons. The van der Waals surface area contributed by atoms with Crippen LogP contribution >= 0.6 is 0 Å². The molecule has 0 bridgehead atoms. The van der Waals surface area contributed by atoms with Crippen LogP contribution in [0.15, 0.2) is 36.8 Å². The lowest BCUT2D eigenvalue weighted by Gasteiger charge is -2.17. The summed E-state index contributed by atoms with van der Waals surface area (Å²) in [5, 5.41) is 6.23. The average Bonchev–Trinajstić information content (AvgIpc) is 3.09. The number of nitrogens with one attached hydrogen (secondary N) is 1. The second kappa shape index (κ2) is 4.96. The van der Waals surface area contributed by atoms with Crippen molar-refractivity contribution in [2.75, 3.05) is 5.01 Å². The third-order valence-corrected chi connectivity index (χ3v) is 3.43. The van der Waals surface area contributed by atoms with Gasteiger partial charge >= 0.3 is 0 Å². The van der Waals surface area contributed by atoms with Gasteiger partial charge in [-0.2, -0.15) is 10.1 Å². The van der Waals surface area contributed by atoms with Gasteiger partial charge in [-0.05, 0) is 26.0 Å². The fourth-order valence-electron chi connectivity index (χ4n) is 2.51. The van der Waals surface area contributed by atoms with Gasteiger partial charge in [-0.3, -0.25) is 5.01 Å². The van der Waals surface area contributed by atoms with Gasteiger partial charge in [0.2, 0.25) is 5.88 Å². The van der Waals surface area contributed by atoms with Crippen LogP contribution < -0.4 is 15.2 Å². The highest BCUT2D eigenvalue weighted by Crippen LogP contribution is 2.33. The van der Waals surface area contributed by atoms with E-state index in [0.29, 0.717) is 12.4 Å². The van der Waals surface area contributed by atoms with E-state index in [0.717, 1.165) is 22.7 Å². The SMILES string of the molecule is CC(C)Oc1ccc2c(n1)N(c1cnn3cccnc13)NC2. The van der Waals surface area contributed by atoms with Crippen molar-refractivity contribution in [2.24, 2.45) is 0 Å². The molecule has 112 valence electrons. The van der Waals surface area contributed by atoms with E-state index in [4.69, 9.17) is 4.74 Å². The van der Waals surface area contributed by atoms with Crippen LogP contribution in [-0.2, 0) is 6.54 Å². The lowest BCUT2D eigenvalue weighted by atomic mass is 10.2.